The van der Waals surface area contributed by atoms with Crippen molar-refractivity contribution in [2.24, 2.45) is 5.41 Å². The average molecular weight is 364 g/mol. The lowest BCUT2D eigenvalue weighted by atomic mass is 10.0. The van der Waals surface area contributed by atoms with E-state index < -0.39 is 27.9 Å². The summed E-state index contributed by atoms with van der Waals surface area (Å²) in [5.74, 6) is -1.45. The highest BCUT2D eigenvalue weighted by atomic mass is 32.2. The van der Waals surface area contributed by atoms with Crippen LogP contribution in [0.15, 0.2) is 29.2 Å². The SMILES string of the molecule is O=C(O)[C@H]1CCCN1C(=O)c1cccc(S(=O)(=O)N2CC3(CC3)C2)c1. The maximum atomic E-state index is 12.7. The number of rotatable bonds is 4. The molecule has 25 heavy (non-hydrogen) atoms. The van der Waals surface area contributed by atoms with Gasteiger partial charge in [0.05, 0.1) is 4.90 Å². The number of amides is 1. The van der Waals surface area contributed by atoms with Crippen molar-refractivity contribution in [3.05, 3.63) is 29.8 Å². The minimum Gasteiger partial charge on any atom is -0.480 e. The van der Waals surface area contributed by atoms with Crippen LogP contribution in [0, 0.1) is 5.41 Å². The molecule has 3 aliphatic rings. The van der Waals surface area contributed by atoms with Crippen molar-refractivity contribution < 1.29 is 23.1 Å². The van der Waals surface area contributed by atoms with Gasteiger partial charge in [-0.1, -0.05) is 6.07 Å². The molecule has 1 N–H and O–H groups in total. The first kappa shape index (κ1) is 16.5. The van der Waals surface area contributed by atoms with E-state index in [9.17, 15) is 23.1 Å². The number of carbonyl (C=O) groups is 2. The molecule has 0 aromatic heterocycles. The average Bonchev–Trinajstić information content (AvgIpc) is 3.22. The third kappa shape index (κ3) is 2.73. The minimum absolute atomic E-state index is 0.0971. The standard InChI is InChI=1S/C17H20N2O5S/c20-15(19-8-2-5-14(19)16(21)22)12-3-1-4-13(9-12)25(23,24)18-10-17(11-18)6-7-17/h1,3-4,9,14H,2,5-8,10-11H2,(H,21,22)/t14-/m1/s1. The Morgan fingerprint density at radius 2 is 1.92 bits per heavy atom. The molecule has 1 saturated carbocycles. The third-order valence-corrected chi connectivity index (χ3v) is 7.29. The van der Waals surface area contributed by atoms with Gasteiger partial charge in [0.15, 0.2) is 0 Å². The molecule has 2 saturated heterocycles. The van der Waals surface area contributed by atoms with Crippen LogP contribution in [-0.4, -0.2) is 60.3 Å². The zero-order valence-corrected chi connectivity index (χ0v) is 14.5. The van der Waals surface area contributed by atoms with Crippen molar-refractivity contribution in [1.82, 2.24) is 9.21 Å². The van der Waals surface area contributed by atoms with Gasteiger partial charge in [0.2, 0.25) is 10.0 Å². The van der Waals surface area contributed by atoms with E-state index in [4.69, 9.17) is 0 Å². The largest absolute Gasteiger partial charge is 0.480 e. The number of benzene rings is 1. The smallest absolute Gasteiger partial charge is 0.326 e. The van der Waals surface area contributed by atoms with Crippen LogP contribution in [0.3, 0.4) is 0 Å². The molecule has 1 spiro atoms. The van der Waals surface area contributed by atoms with Crippen molar-refractivity contribution in [1.29, 1.82) is 0 Å². The van der Waals surface area contributed by atoms with E-state index in [2.05, 4.69) is 0 Å². The van der Waals surface area contributed by atoms with Gasteiger partial charge in [0.25, 0.3) is 5.91 Å². The molecule has 4 rings (SSSR count). The Labute approximate surface area is 146 Å². The highest BCUT2D eigenvalue weighted by molar-refractivity contribution is 7.89. The van der Waals surface area contributed by atoms with E-state index in [0.29, 0.717) is 32.5 Å². The van der Waals surface area contributed by atoms with Gasteiger partial charge >= 0.3 is 5.97 Å². The Morgan fingerprint density at radius 3 is 2.56 bits per heavy atom. The molecule has 2 aliphatic heterocycles. The lowest BCUT2D eigenvalue weighted by Crippen LogP contribution is -2.51. The van der Waals surface area contributed by atoms with Crippen molar-refractivity contribution in [2.75, 3.05) is 19.6 Å². The molecule has 1 amide bonds. The number of hydrogen-bond donors (Lipinski definition) is 1. The summed E-state index contributed by atoms with van der Waals surface area (Å²) in [6, 6.07) is 5.10. The summed E-state index contributed by atoms with van der Waals surface area (Å²) in [4.78, 5) is 25.4. The second-order valence-corrected chi connectivity index (χ2v) is 9.23. The summed E-state index contributed by atoms with van der Waals surface area (Å²) in [7, 11) is -3.60. The van der Waals surface area contributed by atoms with E-state index in [1.807, 2.05) is 0 Å². The quantitative estimate of drug-likeness (QED) is 0.865. The maximum absolute atomic E-state index is 12.7. The Bertz CT molecular complexity index is 838. The topological polar surface area (TPSA) is 95.0 Å². The fourth-order valence-electron chi connectivity index (χ4n) is 3.74. The number of nitrogens with zero attached hydrogens (tertiary/aromatic N) is 2. The number of carboxylic acid groups (broad SMARTS) is 1. The predicted octanol–water partition coefficient (Wildman–Crippen LogP) is 1.16. The van der Waals surface area contributed by atoms with Gasteiger partial charge in [0, 0.05) is 25.2 Å². The molecule has 1 aliphatic carbocycles. The second-order valence-electron chi connectivity index (χ2n) is 7.30. The number of carboxylic acids is 1. The van der Waals surface area contributed by atoms with Crippen LogP contribution < -0.4 is 0 Å². The Balaban J connectivity index is 1.57. The lowest BCUT2D eigenvalue weighted by Gasteiger charge is -2.38. The lowest BCUT2D eigenvalue weighted by molar-refractivity contribution is -0.141. The second kappa shape index (κ2) is 5.54. The van der Waals surface area contributed by atoms with Crippen LogP contribution in [0.25, 0.3) is 0 Å². The number of likely N-dealkylation sites (tertiary alicyclic amines) is 1. The number of sulfonamides is 1. The van der Waals surface area contributed by atoms with E-state index in [1.165, 1.54) is 27.4 Å². The van der Waals surface area contributed by atoms with Gasteiger partial charge in [-0.05, 0) is 49.3 Å². The first-order chi connectivity index (χ1) is 11.8. The van der Waals surface area contributed by atoms with Gasteiger partial charge < -0.3 is 10.0 Å². The molecule has 1 aromatic rings. The first-order valence-corrected chi connectivity index (χ1v) is 9.90. The van der Waals surface area contributed by atoms with Crippen LogP contribution in [0.2, 0.25) is 0 Å². The van der Waals surface area contributed by atoms with Crippen molar-refractivity contribution in [3.63, 3.8) is 0 Å². The molecule has 8 heteroatoms. The molecule has 3 fully saturated rings. The summed E-state index contributed by atoms with van der Waals surface area (Å²) in [5.41, 5.74) is 0.431. The van der Waals surface area contributed by atoms with Gasteiger partial charge in [-0.3, -0.25) is 4.79 Å². The Kier molecular flexibility index (Phi) is 3.66. The summed E-state index contributed by atoms with van der Waals surface area (Å²) in [6.45, 7) is 1.49. The highest BCUT2D eigenvalue weighted by Crippen LogP contribution is 2.54. The summed E-state index contributed by atoms with van der Waals surface area (Å²) in [5, 5.41) is 9.23. The molecule has 7 nitrogen and oxygen atoms in total. The number of aliphatic carboxylic acids is 1. The molecule has 2 heterocycles. The normalized spacial score (nSPS) is 25.0. The van der Waals surface area contributed by atoms with Crippen LogP contribution in [0.4, 0.5) is 0 Å². The van der Waals surface area contributed by atoms with Crippen LogP contribution >= 0.6 is 0 Å². The first-order valence-electron chi connectivity index (χ1n) is 8.46. The van der Waals surface area contributed by atoms with Crippen molar-refractivity contribution in [3.8, 4) is 0 Å². The van der Waals surface area contributed by atoms with Crippen LogP contribution in [0.1, 0.15) is 36.0 Å². The van der Waals surface area contributed by atoms with Crippen LogP contribution in [0.5, 0.6) is 0 Å². The summed E-state index contributed by atoms with van der Waals surface area (Å²) >= 11 is 0. The van der Waals surface area contributed by atoms with Gasteiger partial charge in [-0.25, -0.2) is 13.2 Å². The highest BCUT2D eigenvalue weighted by Gasteiger charge is 2.55. The Hall–Kier alpha value is -1.93. The van der Waals surface area contributed by atoms with Crippen molar-refractivity contribution in [2.45, 2.75) is 36.6 Å². The Morgan fingerprint density at radius 1 is 1.20 bits per heavy atom. The molecule has 0 bridgehead atoms. The molecule has 0 radical (unpaired) electrons. The molecule has 134 valence electrons. The van der Waals surface area contributed by atoms with Gasteiger partial charge in [-0.15, -0.1) is 0 Å². The zero-order valence-electron chi connectivity index (χ0n) is 13.7. The summed E-state index contributed by atoms with van der Waals surface area (Å²) in [6.07, 6.45) is 3.23. The van der Waals surface area contributed by atoms with Gasteiger partial charge in [0.1, 0.15) is 6.04 Å². The molecular weight excluding hydrogens is 344 g/mol. The fraction of sp³-hybridized carbons (Fsp3) is 0.529. The van der Waals surface area contributed by atoms with Crippen molar-refractivity contribution >= 4 is 21.9 Å². The molecule has 1 atom stereocenters. The van der Waals surface area contributed by atoms with E-state index in [-0.39, 0.29) is 15.9 Å². The third-order valence-electron chi connectivity index (χ3n) is 5.50. The maximum Gasteiger partial charge on any atom is 0.326 e. The van der Waals surface area contributed by atoms with E-state index in [0.717, 1.165) is 12.8 Å². The number of hydrogen-bond acceptors (Lipinski definition) is 4. The molecular formula is C17H20N2O5S. The molecule has 0 unspecified atom stereocenters. The van der Waals surface area contributed by atoms with E-state index >= 15 is 0 Å². The zero-order chi connectivity index (χ0) is 17.8. The monoisotopic (exact) mass is 364 g/mol. The summed E-state index contributed by atoms with van der Waals surface area (Å²) < 4.78 is 26.9. The predicted molar refractivity (Wildman–Crippen MR) is 88.6 cm³/mol. The minimum atomic E-state index is -3.60. The fourth-order valence-corrected chi connectivity index (χ4v) is 5.45. The number of carbonyl (C=O) groups excluding carboxylic acids is 1. The van der Waals surface area contributed by atoms with Crippen LogP contribution in [-0.2, 0) is 14.8 Å². The van der Waals surface area contributed by atoms with E-state index in [1.54, 1.807) is 6.07 Å². The van der Waals surface area contributed by atoms with Gasteiger partial charge in [-0.2, -0.15) is 4.31 Å². The molecule has 1 aromatic carbocycles.